The zero-order valence-corrected chi connectivity index (χ0v) is 11.7. The lowest BCUT2D eigenvalue weighted by atomic mass is 9.84. The van der Waals surface area contributed by atoms with Gasteiger partial charge >= 0.3 is 5.69 Å². The number of nitrogens with zero attached hydrogens (tertiary/aromatic N) is 1. The lowest BCUT2D eigenvalue weighted by Gasteiger charge is -2.40. The molecule has 0 spiro atoms. The van der Waals surface area contributed by atoms with Gasteiger partial charge in [0.1, 0.15) is 10.7 Å². The average molecular weight is 287 g/mol. The van der Waals surface area contributed by atoms with Crippen LogP contribution >= 0.6 is 23.4 Å². The molecule has 0 amide bonds. The first-order valence-corrected chi connectivity index (χ1v) is 7.40. The van der Waals surface area contributed by atoms with Gasteiger partial charge in [-0.25, -0.2) is 0 Å². The van der Waals surface area contributed by atoms with E-state index in [1.54, 1.807) is 18.2 Å². The summed E-state index contributed by atoms with van der Waals surface area (Å²) in [5, 5.41) is 14.4. The molecule has 1 N–H and O–H groups in total. The molecule has 0 atom stereocenters. The van der Waals surface area contributed by atoms with Gasteiger partial charge in [0.05, 0.1) is 4.92 Å². The summed E-state index contributed by atoms with van der Waals surface area (Å²) in [6, 6.07) is 4.97. The molecule has 18 heavy (non-hydrogen) atoms. The average Bonchev–Trinajstić information content (AvgIpc) is 2.27. The van der Waals surface area contributed by atoms with Crippen LogP contribution in [-0.4, -0.2) is 22.5 Å². The van der Waals surface area contributed by atoms with Gasteiger partial charge in [-0.2, -0.15) is 11.8 Å². The van der Waals surface area contributed by atoms with Crippen molar-refractivity contribution in [2.45, 2.75) is 24.0 Å². The first-order valence-electron chi connectivity index (χ1n) is 5.80. The van der Waals surface area contributed by atoms with Gasteiger partial charge in [0.2, 0.25) is 0 Å². The molecule has 6 heteroatoms. The van der Waals surface area contributed by atoms with Crippen molar-refractivity contribution in [3.05, 3.63) is 33.3 Å². The second kappa shape index (κ2) is 5.36. The van der Waals surface area contributed by atoms with Crippen LogP contribution in [0.15, 0.2) is 18.2 Å². The minimum absolute atomic E-state index is 0.0326. The standard InChI is InChI=1S/C12H15ClN2O2S/c1-18-12(6-3-7-12)8-14-10-5-2-4-9(13)11(10)15(16)17/h2,4-5,14H,3,6-8H2,1H3. The van der Waals surface area contributed by atoms with Gasteiger partial charge in [-0.1, -0.05) is 24.1 Å². The largest absolute Gasteiger partial charge is 0.378 e. The number of halogens is 1. The van der Waals surface area contributed by atoms with Crippen molar-refractivity contribution in [2.24, 2.45) is 0 Å². The Hall–Kier alpha value is -0.940. The highest BCUT2D eigenvalue weighted by atomic mass is 35.5. The zero-order chi connectivity index (χ0) is 13.2. The maximum Gasteiger partial charge on any atom is 0.310 e. The number of hydrogen-bond acceptors (Lipinski definition) is 4. The Kier molecular flexibility index (Phi) is 4.02. The van der Waals surface area contributed by atoms with Crippen LogP contribution in [-0.2, 0) is 0 Å². The molecule has 2 rings (SSSR count). The molecule has 0 heterocycles. The third kappa shape index (κ3) is 2.57. The smallest absolute Gasteiger partial charge is 0.310 e. The number of nitro groups is 1. The summed E-state index contributed by atoms with van der Waals surface area (Å²) in [5.74, 6) is 0. The molecular formula is C12H15ClN2O2S. The van der Waals surface area contributed by atoms with Crippen molar-refractivity contribution < 1.29 is 4.92 Å². The van der Waals surface area contributed by atoms with Crippen LogP contribution in [0.5, 0.6) is 0 Å². The fourth-order valence-corrected chi connectivity index (χ4v) is 3.28. The number of anilines is 1. The van der Waals surface area contributed by atoms with Gasteiger partial charge in [-0.15, -0.1) is 0 Å². The van der Waals surface area contributed by atoms with E-state index in [4.69, 9.17) is 11.6 Å². The molecule has 0 saturated heterocycles. The van der Waals surface area contributed by atoms with E-state index < -0.39 is 4.92 Å². The van der Waals surface area contributed by atoms with Crippen LogP contribution in [0, 0.1) is 10.1 Å². The zero-order valence-electron chi connectivity index (χ0n) is 10.1. The molecule has 0 unspecified atom stereocenters. The molecule has 1 aliphatic carbocycles. The van der Waals surface area contributed by atoms with Crippen LogP contribution in [0.1, 0.15) is 19.3 Å². The van der Waals surface area contributed by atoms with Gasteiger partial charge in [0.25, 0.3) is 0 Å². The normalized spacial score (nSPS) is 17.0. The predicted octanol–water partition coefficient (Wildman–Crippen LogP) is 3.95. The van der Waals surface area contributed by atoms with Crippen LogP contribution in [0.2, 0.25) is 5.02 Å². The molecular weight excluding hydrogens is 272 g/mol. The first kappa shape index (κ1) is 13.5. The Morgan fingerprint density at radius 2 is 2.28 bits per heavy atom. The number of nitrogens with one attached hydrogen (secondary N) is 1. The van der Waals surface area contributed by atoms with Crippen LogP contribution in [0.3, 0.4) is 0 Å². The highest BCUT2D eigenvalue weighted by Crippen LogP contribution is 2.43. The highest BCUT2D eigenvalue weighted by Gasteiger charge is 2.36. The van der Waals surface area contributed by atoms with E-state index in [0.29, 0.717) is 5.69 Å². The first-order chi connectivity index (χ1) is 8.58. The molecule has 4 nitrogen and oxygen atoms in total. The number of rotatable bonds is 5. The van der Waals surface area contributed by atoms with E-state index in [1.807, 2.05) is 11.8 Å². The lowest BCUT2D eigenvalue weighted by molar-refractivity contribution is -0.383. The van der Waals surface area contributed by atoms with Gasteiger partial charge in [0.15, 0.2) is 0 Å². The van der Waals surface area contributed by atoms with Crippen molar-refractivity contribution in [1.29, 1.82) is 0 Å². The molecule has 0 aliphatic heterocycles. The fourth-order valence-electron chi connectivity index (χ4n) is 2.12. The monoisotopic (exact) mass is 286 g/mol. The molecule has 1 aromatic carbocycles. The summed E-state index contributed by atoms with van der Waals surface area (Å²) in [6.07, 6.45) is 5.65. The van der Waals surface area contributed by atoms with E-state index in [1.165, 1.54) is 6.42 Å². The molecule has 1 saturated carbocycles. The number of nitro benzene ring substituents is 1. The molecule has 0 aromatic heterocycles. The maximum absolute atomic E-state index is 11.0. The summed E-state index contributed by atoms with van der Waals surface area (Å²) in [4.78, 5) is 10.6. The Balaban J connectivity index is 2.14. The minimum atomic E-state index is -0.433. The van der Waals surface area contributed by atoms with E-state index in [9.17, 15) is 10.1 Å². The Bertz CT molecular complexity index is 458. The second-order valence-corrected chi connectivity index (χ2v) is 6.17. The van der Waals surface area contributed by atoms with E-state index in [2.05, 4.69) is 11.6 Å². The van der Waals surface area contributed by atoms with Crippen molar-refractivity contribution in [3.63, 3.8) is 0 Å². The molecule has 1 aliphatic rings. The van der Waals surface area contributed by atoms with Crippen LogP contribution < -0.4 is 5.32 Å². The SMILES string of the molecule is CSC1(CNc2cccc(Cl)c2[N+](=O)[O-])CCC1. The number of benzene rings is 1. The minimum Gasteiger partial charge on any atom is -0.378 e. The van der Waals surface area contributed by atoms with Crippen LogP contribution in [0.25, 0.3) is 0 Å². The molecule has 98 valence electrons. The third-order valence-corrected chi connectivity index (χ3v) is 5.19. The number of hydrogen-bond donors (Lipinski definition) is 1. The van der Waals surface area contributed by atoms with E-state index in [0.717, 1.165) is 19.4 Å². The van der Waals surface area contributed by atoms with Crippen molar-refractivity contribution >= 4 is 34.7 Å². The number of para-hydroxylation sites is 1. The third-order valence-electron chi connectivity index (χ3n) is 3.47. The topological polar surface area (TPSA) is 55.2 Å². The fraction of sp³-hybridized carbons (Fsp3) is 0.500. The van der Waals surface area contributed by atoms with Gasteiger partial charge in [-0.3, -0.25) is 10.1 Å². The van der Waals surface area contributed by atoms with Crippen LogP contribution in [0.4, 0.5) is 11.4 Å². The molecule has 1 fully saturated rings. The van der Waals surface area contributed by atoms with Gasteiger partial charge in [0, 0.05) is 11.3 Å². The number of thioether (sulfide) groups is 1. The van der Waals surface area contributed by atoms with Crippen molar-refractivity contribution in [1.82, 2.24) is 0 Å². The van der Waals surface area contributed by atoms with Gasteiger partial charge < -0.3 is 5.32 Å². The van der Waals surface area contributed by atoms with Crippen molar-refractivity contribution in [3.8, 4) is 0 Å². The summed E-state index contributed by atoms with van der Waals surface area (Å²) in [6.45, 7) is 0.745. The second-order valence-electron chi connectivity index (χ2n) is 4.49. The molecule has 0 radical (unpaired) electrons. The highest BCUT2D eigenvalue weighted by molar-refractivity contribution is 8.00. The quantitative estimate of drug-likeness (QED) is 0.658. The lowest BCUT2D eigenvalue weighted by Crippen LogP contribution is -2.40. The van der Waals surface area contributed by atoms with E-state index >= 15 is 0 Å². The predicted molar refractivity (Wildman–Crippen MR) is 76.7 cm³/mol. The summed E-state index contributed by atoms with van der Waals surface area (Å²) < 4.78 is 0.232. The van der Waals surface area contributed by atoms with Gasteiger partial charge in [-0.05, 0) is 31.2 Å². The molecule has 1 aromatic rings. The Labute approximate surface area is 115 Å². The Morgan fingerprint density at radius 1 is 1.56 bits per heavy atom. The Morgan fingerprint density at radius 3 is 2.78 bits per heavy atom. The summed E-state index contributed by atoms with van der Waals surface area (Å²) >= 11 is 7.70. The molecule has 0 bridgehead atoms. The van der Waals surface area contributed by atoms with E-state index in [-0.39, 0.29) is 15.5 Å². The summed E-state index contributed by atoms with van der Waals surface area (Å²) in [5.41, 5.74) is 0.475. The summed E-state index contributed by atoms with van der Waals surface area (Å²) in [7, 11) is 0. The van der Waals surface area contributed by atoms with Crippen molar-refractivity contribution in [2.75, 3.05) is 18.1 Å². The maximum atomic E-state index is 11.0.